The van der Waals surface area contributed by atoms with E-state index in [9.17, 15) is 14.9 Å². The van der Waals surface area contributed by atoms with Crippen molar-refractivity contribution in [1.82, 2.24) is 0 Å². The molecule has 0 aliphatic rings. The number of thioether (sulfide) groups is 1. The van der Waals surface area contributed by atoms with Crippen molar-refractivity contribution in [3.63, 3.8) is 0 Å². The van der Waals surface area contributed by atoms with Gasteiger partial charge < -0.3 is 0 Å². The smallest absolute Gasteiger partial charge is 0.269 e. The first-order valence-electron chi connectivity index (χ1n) is 10.2. The maximum absolute atomic E-state index is 12.5. The summed E-state index contributed by atoms with van der Waals surface area (Å²) in [6.45, 7) is 6.84. The van der Waals surface area contributed by atoms with Crippen molar-refractivity contribution in [2.45, 2.75) is 44.0 Å². The van der Waals surface area contributed by atoms with Crippen molar-refractivity contribution in [2.24, 2.45) is 0 Å². The monoisotopic (exact) mass is 435 g/mol. The molecule has 31 heavy (non-hydrogen) atoms. The Balaban J connectivity index is 1.55. The summed E-state index contributed by atoms with van der Waals surface area (Å²) in [7, 11) is 0. The van der Waals surface area contributed by atoms with Gasteiger partial charge in [0, 0.05) is 40.0 Å². The molecule has 160 valence electrons. The number of non-ortho nitro benzene ring substituents is 1. The minimum absolute atomic E-state index is 0.0169. The number of nitrogens with zero attached hydrogens (tertiary/aromatic N) is 2. The standard InChI is InChI=1S/C25H27N2O3S/c1-25(2,3)21-8-12-23(13-9-21)31-16-14-19-5-4-15-26(17-19)18-24(28)20-6-10-22(11-7-20)27(29)30/h4-13,15,17H,14,16,18H2,1-3H3/q+1. The van der Waals surface area contributed by atoms with Crippen LogP contribution in [0.15, 0.2) is 78.0 Å². The van der Waals surface area contributed by atoms with E-state index in [1.165, 1.54) is 34.7 Å². The molecule has 0 saturated heterocycles. The predicted molar refractivity (Wildman–Crippen MR) is 124 cm³/mol. The number of nitro groups is 1. The van der Waals surface area contributed by atoms with Gasteiger partial charge in [0.05, 0.1) is 4.92 Å². The van der Waals surface area contributed by atoms with E-state index in [0.29, 0.717) is 5.56 Å². The molecule has 0 saturated carbocycles. The quantitative estimate of drug-likeness (QED) is 0.156. The second-order valence-electron chi connectivity index (χ2n) is 8.48. The summed E-state index contributed by atoms with van der Waals surface area (Å²) in [6.07, 6.45) is 4.76. The fraction of sp³-hybridized carbons (Fsp3) is 0.280. The molecule has 0 radical (unpaired) electrons. The van der Waals surface area contributed by atoms with E-state index in [1.807, 2.05) is 34.8 Å². The third-order valence-corrected chi connectivity index (χ3v) is 6.04. The van der Waals surface area contributed by atoms with Crippen LogP contribution in [0.1, 0.15) is 42.3 Å². The Kier molecular flexibility index (Phi) is 7.23. The minimum Gasteiger partial charge on any atom is -0.287 e. The molecule has 0 bridgehead atoms. The molecule has 0 fully saturated rings. The Morgan fingerprint density at radius 1 is 1.03 bits per heavy atom. The van der Waals surface area contributed by atoms with E-state index < -0.39 is 4.92 Å². The fourth-order valence-corrected chi connectivity index (χ4v) is 4.09. The number of ketones is 1. The topological polar surface area (TPSA) is 64.1 Å². The van der Waals surface area contributed by atoms with Crippen LogP contribution in [0, 0.1) is 10.1 Å². The highest BCUT2D eigenvalue weighted by molar-refractivity contribution is 7.99. The molecular weight excluding hydrogens is 408 g/mol. The number of pyridine rings is 1. The van der Waals surface area contributed by atoms with Crippen molar-refractivity contribution in [3.8, 4) is 0 Å². The Morgan fingerprint density at radius 2 is 1.71 bits per heavy atom. The van der Waals surface area contributed by atoms with Gasteiger partial charge in [0.2, 0.25) is 12.3 Å². The summed E-state index contributed by atoms with van der Waals surface area (Å²) < 4.78 is 1.86. The van der Waals surface area contributed by atoms with Crippen molar-refractivity contribution < 1.29 is 14.3 Å². The minimum atomic E-state index is -0.469. The molecule has 0 atom stereocenters. The van der Waals surface area contributed by atoms with Crippen LogP contribution < -0.4 is 4.57 Å². The van der Waals surface area contributed by atoms with Crippen LogP contribution in [0.3, 0.4) is 0 Å². The SMILES string of the molecule is CC(C)(C)c1ccc(SCCc2ccc[n+](CC(=O)c3ccc([N+](=O)[O-])cc3)c2)cc1. The van der Waals surface area contributed by atoms with Crippen LogP contribution >= 0.6 is 11.8 Å². The van der Waals surface area contributed by atoms with E-state index in [0.717, 1.165) is 17.7 Å². The van der Waals surface area contributed by atoms with Crippen molar-refractivity contribution in [3.05, 3.63) is 99.9 Å². The third-order valence-electron chi connectivity index (χ3n) is 5.03. The first-order chi connectivity index (χ1) is 14.7. The summed E-state index contributed by atoms with van der Waals surface area (Å²) in [4.78, 5) is 24.1. The van der Waals surface area contributed by atoms with Crippen LogP contribution in [0.25, 0.3) is 0 Å². The van der Waals surface area contributed by atoms with E-state index in [-0.39, 0.29) is 23.4 Å². The van der Waals surface area contributed by atoms with Gasteiger partial charge in [-0.2, -0.15) is 4.57 Å². The maximum atomic E-state index is 12.5. The number of nitro benzene ring substituents is 1. The molecule has 0 amide bonds. The average molecular weight is 436 g/mol. The number of hydrogen-bond acceptors (Lipinski definition) is 4. The summed E-state index contributed by atoms with van der Waals surface area (Å²) >= 11 is 1.82. The molecule has 0 aliphatic heterocycles. The Labute approximate surface area is 187 Å². The van der Waals surface area contributed by atoms with Crippen LogP contribution in [-0.2, 0) is 18.4 Å². The lowest BCUT2D eigenvalue weighted by Crippen LogP contribution is -2.37. The molecule has 0 unspecified atom stereocenters. The summed E-state index contributed by atoms with van der Waals surface area (Å²) in [5.74, 6) is 0.875. The number of rotatable bonds is 8. The number of aryl methyl sites for hydroxylation is 1. The Morgan fingerprint density at radius 3 is 2.32 bits per heavy atom. The van der Waals surface area contributed by atoms with Crippen molar-refractivity contribution in [2.75, 3.05) is 5.75 Å². The first-order valence-corrected chi connectivity index (χ1v) is 11.2. The zero-order valence-electron chi connectivity index (χ0n) is 18.1. The van der Waals surface area contributed by atoms with Gasteiger partial charge in [-0.25, -0.2) is 0 Å². The highest BCUT2D eigenvalue weighted by Crippen LogP contribution is 2.26. The van der Waals surface area contributed by atoms with Gasteiger partial charge in [0.15, 0.2) is 12.4 Å². The van der Waals surface area contributed by atoms with Gasteiger partial charge in [-0.1, -0.05) is 32.9 Å². The number of aromatic nitrogens is 1. The lowest BCUT2D eigenvalue weighted by molar-refractivity contribution is -0.683. The zero-order chi connectivity index (χ0) is 22.4. The molecule has 5 nitrogen and oxygen atoms in total. The second kappa shape index (κ2) is 9.88. The molecule has 0 N–H and O–H groups in total. The first kappa shape index (κ1) is 22.7. The number of Topliss-reactive ketones (excluding diaryl/α,β-unsaturated/α-hetero) is 1. The predicted octanol–water partition coefficient (Wildman–Crippen LogP) is 5.40. The molecular formula is C25H27N2O3S+. The number of carbonyl (C=O) groups excluding carboxylic acids is 1. The van der Waals surface area contributed by atoms with Gasteiger partial charge >= 0.3 is 0 Å². The third kappa shape index (κ3) is 6.49. The van der Waals surface area contributed by atoms with Crippen LogP contribution in [-0.4, -0.2) is 16.5 Å². The van der Waals surface area contributed by atoms with Gasteiger partial charge in [-0.3, -0.25) is 14.9 Å². The largest absolute Gasteiger partial charge is 0.287 e. The number of carbonyl (C=O) groups is 1. The van der Waals surface area contributed by atoms with Gasteiger partial charge in [-0.05, 0) is 47.7 Å². The Hall–Kier alpha value is -2.99. The van der Waals surface area contributed by atoms with E-state index in [1.54, 1.807) is 0 Å². The van der Waals surface area contributed by atoms with Crippen molar-refractivity contribution >= 4 is 23.2 Å². The van der Waals surface area contributed by atoms with E-state index >= 15 is 0 Å². The summed E-state index contributed by atoms with van der Waals surface area (Å²) in [5.41, 5.74) is 3.11. The number of hydrogen-bond donors (Lipinski definition) is 0. The summed E-state index contributed by atoms with van der Waals surface area (Å²) in [6, 6.07) is 18.5. The molecule has 0 aliphatic carbocycles. The van der Waals surface area contributed by atoms with Crippen LogP contribution in [0.4, 0.5) is 5.69 Å². The van der Waals surface area contributed by atoms with E-state index in [2.05, 4.69) is 51.1 Å². The van der Waals surface area contributed by atoms with E-state index in [4.69, 9.17) is 0 Å². The van der Waals surface area contributed by atoms with Crippen molar-refractivity contribution in [1.29, 1.82) is 0 Å². The average Bonchev–Trinajstić information content (AvgIpc) is 2.74. The molecule has 0 spiro atoms. The van der Waals surface area contributed by atoms with Crippen LogP contribution in [0.2, 0.25) is 0 Å². The second-order valence-corrected chi connectivity index (χ2v) is 9.65. The van der Waals surface area contributed by atoms with Gasteiger partial charge in [0.25, 0.3) is 5.69 Å². The number of benzene rings is 2. The normalized spacial score (nSPS) is 11.3. The Bertz CT molecular complexity index is 1060. The molecule has 2 aromatic carbocycles. The molecule has 6 heteroatoms. The lowest BCUT2D eigenvalue weighted by atomic mass is 9.87. The van der Waals surface area contributed by atoms with Gasteiger partial charge in [-0.15, -0.1) is 11.8 Å². The fourth-order valence-electron chi connectivity index (χ4n) is 3.19. The van der Waals surface area contributed by atoms with Gasteiger partial charge in [0.1, 0.15) is 0 Å². The molecule has 1 aromatic heterocycles. The van der Waals surface area contributed by atoms with Crippen LogP contribution in [0.5, 0.6) is 0 Å². The molecule has 3 rings (SSSR count). The highest BCUT2D eigenvalue weighted by atomic mass is 32.2. The lowest BCUT2D eigenvalue weighted by Gasteiger charge is -2.19. The maximum Gasteiger partial charge on any atom is 0.269 e. The summed E-state index contributed by atoms with van der Waals surface area (Å²) in [5, 5.41) is 10.8. The molecule has 3 aromatic rings. The highest BCUT2D eigenvalue weighted by Gasteiger charge is 2.15. The zero-order valence-corrected chi connectivity index (χ0v) is 18.9. The molecule has 1 heterocycles.